The van der Waals surface area contributed by atoms with Crippen LogP contribution in [-0.2, 0) is 6.42 Å². The minimum Gasteiger partial charge on any atom is -0.335 e. The van der Waals surface area contributed by atoms with Gasteiger partial charge in [0.25, 0.3) is 0 Å². The van der Waals surface area contributed by atoms with E-state index in [2.05, 4.69) is 28.8 Å². The Hall–Kier alpha value is -2.29. The molecular formula is C20H24N2O. The van der Waals surface area contributed by atoms with E-state index in [1.165, 1.54) is 24.8 Å². The van der Waals surface area contributed by atoms with Crippen LogP contribution in [0.5, 0.6) is 0 Å². The number of amides is 2. The van der Waals surface area contributed by atoms with Gasteiger partial charge >= 0.3 is 6.03 Å². The summed E-state index contributed by atoms with van der Waals surface area (Å²) in [5.41, 5.74) is 3.27. The van der Waals surface area contributed by atoms with Crippen molar-refractivity contribution in [1.82, 2.24) is 5.32 Å². The first-order valence-electron chi connectivity index (χ1n) is 8.50. The lowest BCUT2D eigenvalue weighted by molar-refractivity contribution is 0.244. The highest BCUT2D eigenvalue weighted by atomic mass is 16.2. The number of carbonyl (C=O) groups excluding carboxylic acids is 1. The van der Waals surface area contributed by atoms with Gasteiger partial charge in [0.2, 0.25) is 0 Å². The van der Waals surface area contributed by atoms with E-state index in [0.717, 1.165) is 30.5 Å². The molecule has 1 aliphatic carbocycles. The van der Waals surface area contributed by atoms with Gasteiger partial charge in [0.15, 0.2) is 0 Å². The van der Waals surface area contributed by atoms with Gasteiger partial charge in [0.05, 0.1) is 0 Å². The molecule has 23 heavy (non-hydrogen) atoms. The first-order valence-corrected chi connectivity index (χ1v) is 8.50. The van der Waals surface area contributed by atoms with Crippen molar-refractivity contribution in [2.24, 2.45) is 0 Å². The molecule has 2 aromatic carbocycles. The second kappa shape index (κ2) is 7.82. The largest absolute Gasteiger partial charge is 0.335 e. The van der Waals surface area contributed by atoms with Crippen LogP contribution < -0.4 is 10.6 Å². The van der Waals surface area contributed by atoms with Gasteiger partial charge in [-0.15, -0.1) is 0 Å². The zero-order chi connectivity index (χ0) is 15.9. The third kappa shape index (κ3) is 4.59. The van der Waals surface area contributed by atoms with Crippen molar-refractivity contribution in [1.29, 1.82) is 0 Å². The van der Waals surface area contributed by atoms with Crippen LogP contribution in [0.1, 0.15) is 43.2 Å². The van der Waals surface area contributed by atoms with Crippen molar-refractivity contribution in [3.63, 3.8) is 0 Å². The summed E-state index contributed by atoms with van der Waals surface area (Å²) in [6.07, 6.45) is 6.74. The van der Waals surface area contributed by atoms with Crippen molar-refractivity contribution in [3.8, 4) is 0 Å². The molecule has 0 heterocycles. The lowest BCUT2D eigenvalue weighted by atomic mass is 9.96. The van der Waals surface area contributed by atoms with E-state index in [4.69, 9.17) is 0 Å². The van der Waals surface area contributed by atoms with Crippen molar-refractivity contribution in [2.45, 2.75) is 44.6 Å². The smallest absolute Gasteiger partial charge is 0.319 e. The van der Waals surface area contributed by atoms with E-state index in [-0.39, 0.29) is 6.03 Å². The van der Waals surface area contributed by atoms with Crippen molar-refractivity contribution in [3.05, 3.63) is 65.7 Å². The fourth-order valence-corrected chi connectivity index (χ4v) is 3.20. The zero-order valence-corrected chi connectivity index (χ0v) is 13.4. The monoisotopic (exact) mass is 308 g/mol. The number of nitrogens with one attached hydrogen (secondary N) is 2. The van der Waals surface area contributed by atoms with Gasteiger partial charge in [-0.1, -0.05) is 67.8 Å². The highest BCUT2D eigenvalue weighted by Crippen LogP contribution is 2.20. The molecule has 3 rings (SSSR count). The van der Waals surface area contributed by atoms with Crippen LogP contribution in [0.3, 0.4) is 0 Å². The lowest BCUT2D eigenvalue weighted by Crippen LogP contribution is -2.39. The highest BCUT2D eigenvalue weighted by molar-refractivity contribution is 5.90. The Morgan fingerprint density at radius 2 is 1.61 bits per heavy atom. The summed E-state index contributed by atoms with van der Waals surface area (Å²) >= 11 is 0. The first-order chi connectivity index (χ1) is 11.3. The molecule has 120 valence electrons. The summed E-state index contributed by atoms with van der Waals surface area (Å²) in [4.78, 5) is 12.3. The van der Waals surface area contributed by atoms with Crippen molar-refractivity contribution >= 4 is 11.7 Å². The fourth-order valence-electron chi connectivity index (χ4n) is 3.20. The number of hydrogen-bond acceptors (Lipinski definition) is 1. The number of para-hydroxylation sites is 1. The Labute approximate surface area is 138 Å². The quantitative estimate of drug-likeness (QED) is 0.842. The van der Waals surface area contributed by atoms with E-state index in [9.17, 15) is 4.79 Å². The maximum Gasteiger partial charge on any atom is 0.319 e. The number of carbonyl (C=O) groups is 1. The molecule has 3 nitrogen and oxygen atoms in total. The number of hydrogen-bond donors (Lipinski definition) is 2. The average molecular weight is 308 g/mol. The molecule has 1 aliphatic rings. The highest BCUT2D eigenvalue weighted by Gasteiger charge is 2.16. The minimum atomic E-state index is -0.0857. The SMILES string of the molecule is O=C(Nc1ccccc1Cc1ccccc1)NC1CCCCC1. The second-order valence-corrected chi connectivity index (χ2v) is 6.25. The van der Waals surface area contributed by atoms with E-state index < -0.39 is 0 Å². The summed E-state index contributed by atoms with van der Waals surface area (Å²) < 4.78 is 0. The zero-order valence-electron chi connectivity index (χ0n) is 13.4. The Morgan fingerprint density at radius 3 is 2.39 bits per heavy atom. The third-order valence-electron chi connectivity index (χ3n) is 4.44. The lowest BCUT2D eigenvalue weighted by Gasteiger charge is -2.23. The molecule has 0 saturated heterocycles. The predicted molar refractivity (Wildman–Crippen MR) is 94.7 cm³/mol. The summed E-state index contributed by atoms with van der Waals surface area (Å²) in [5.74, 6) is 0. The molecule has 0 atom stereocenters. The molecule has 0 aromatic heterocycles. The Balaban J connectivity index is 1.64. The number of anilines is 1. The van der Waals surface area contributed by atoms with Gasteiger partial charge in [-0.05, 0) is 36.5 Å². The molecule has 0 radical (unpaired) electrons. The molecule has 2 amide bonds. The van der Waals surface area contributed by atoms with Crippen molar-refractivity contribution < 1.29 is 4.79 Å². The van der Waals surface area contributed by atoms with Crippen LogP contribution in [0.15, 0.2) is 54.6 Å². The molecule has 1 fully saturated rings. The fraction of sp³-hybridized carbons (Fsp3) is 0.350. The van der Waals surface area contributed by atoms with E-state index in [1.807, 2.05) is 36.4 Å². The van der Waals surface area contributed by atoms with Crippen LogP contribution in [0, 0.1) is 0 Å². The molecule has 0 aliphatic heterocycles. The predicted octanol–water partition coefficient (Wildman–Crippen LogP) is 4.73. The maximum absolute atomic E-state index is 12.3. The van der Waals surface area contributed by atoms with E-state index in [1.54, 1.807) is 0 Å². The van der Waals surface area contributed by atoms with Gasteiger partial charge in [0, 0.05) is 11.7 Å². The summed E-state index contributed by atoms with van der Waals surface area (Å²) in [6, 6.07) is 18.6. The Kier molecular flexibility index (Phi) is 5.30. The molecule has 0 unspecified atom stereocenters. The van der Waals surface area contributed by atoms with Crippen molar-refractivity contribution in [2.75, 3.05) is 5.32 Å². The van der Waals surface area contributed by atoms with Crippen LogP contribution >= 0.6 is 0 Å². The number of benzene rings is 2. The molecule has 3 heteroatoms. The van der Waals surface area contributed by atoms with Gasteiger partial charge in [0.1, 0.15) is 0 Å². The molecule has 1 saturated carbocycles. The van der Waals surface area contributed by atoms with Gasteiger partial charge < -0.3 is 10.6 Å². The van der Waals surface area contributed by atoms with E-state index in [0.29, 0.717) is 6.04 Å². The van der Waals surface area contributed by atoms with Crippen LogP contribution in [0.25, 0.3) is 0 Å². The van der Waals surface area contributed by atoms with Crippen LogP contribution in [0.2, 0.25) is 0 Å². The molecule has 0 bridgehead atoms. The van der Waals surface area contributed by atoms with Crippen LogP contribution in [0.4, 0.5) is 10.5 Å². The molecule has 2 N–H and O–H groups in total. The molecular weight excluding hydrogens is 284 g/mol. The van der Waals surface area contributed by atoms with E-state index >= 15 is 0 Å². The topological polar surface area (TPSA) is 41.1 Å². The molecule has 2 aromatic rings. The normalized spacial score (nSPS) is 15.1. The molecule has 0 spiro atoms. The third-order valence-corrected chi connectivity index (χ3v) is 4.44. The number of rotatable bonds is 4. The van der Waals surface area contributed by atoms with Gasteiger partial charge in [-0.25, -0.2) is 4.79 Å². The Bertz CT molecular complexity index is 633. The summed E-state index contributed by atoms with van der Waals surface area (Å²) in [7, 11) is 0. The van der Waals surface area contributed by atoms with Gasteiger partial charge in [-0.3, -0.25) is 0 Å². The standard InChI is InChI=1S/C20H24N2O/c23-20(21-18-12-5-2-6-13-18)22-19-14-8-7-11-17(19)15-16-9-3-1-4-10-16/h1,3-4,7-11,14,18H,2,5-6,12-13,15H2,(H2,21,22,23). The average Bonchev–Trinajstić information content (AvgIpc) is 2.58. The number of urea groups is 1. The second-order valence-electron chi connectivity index (χ2n) is 6.25. The minimum absolute atomic E-state index is 0.0857. The summed E-state index contributed by atoms with van der Waals surface area (Å²) in [5, 5.41) is 6.14. The maximum atomic E-state index is 12.3. The Morgan fingerprint density at radius 1 is 0.913 bits per heavy atom. The van der Waals surface area contributed by atoms with Crippen LogP contribution in [-0.4, -0.2) is 12.1 Å². The van der Waals surface area contributed by atoms with Gasteiger partial charge in [-0.2, -0.15) is 0 Å². The summed E-state index contributed by atoms with van der Waals surface area (Å²) in [6.45, 7) is 0. The first kappa shape index (κ1) is 15.6.